The highest BCUT2D eigenvalue weighted by atomic mass is 16.3. The predicted octanol–water partition coefficient (Wildman–Crippen LogP) is 2.67. The van der Waals surface area contributed by atoms with Gasteiger partial charge in [-0.25, -0.2) is 0 Å². The van der Waals surface area contributed by atoms with Gasteiger partial charge in [-0.05, 0) is 36.6 Å². The highest BCUT2D eigenvalue weighted by molar-refractivity contribution is 5.56. The lowest BCUT2D eigenvalue weighted by Gasteiger charge is -2.19. The van der Waals surface area contributed by atoms with Crippen LogP contribution in [0.25, 0.3) is 17.1 Å². The number of rotatable bonds is 9. The number of nitrogens with zero attached hydrogens (tertiary/aromatic N) is 5. The molecule has 0 saturated carbocycles. The van der Waals surface area contributed by atoms with Crippen molar-refractivity contribution in [3.8, 4) is 11.5 Å². The fraction of sp³-hybridized carbons (Fsp3) is 0.364. The summed E-state index contributed by atoms with van der Waals surface area (Å²) >= 11 is 0. The van der Waals surface area contributed by atoms with Crippen molar-refractivity contribution >= 4 is 17.5 Å². The second kappa shape index (κ2) is 9.33. The molecule has 2 atom stereocenters. The highest BCUT2D eigenvalue weighted by Gasteiger charge is 2.19. The van der Waals surface area contributed by atoms with Gasteiger partial charge in [-0.15, -0.1) is 0 Å². The van der Waals surface area contributed by atoms with Crippen LogP contribution in [0.4, 0.5) is 11.9 Å². The molecule has 0 fully saturated rings. The largest absolute Gasteiger partial charge is 0.463 e. The number of aromatic nitrogens is 5. The van der Waals surface area contributed by atoms with E-state index < -0.39 is 12.1 Å². The molecule has 0 aliphatic carbocycles. The quantitative estimate of drug-likeness (QED) is 0.312. The van der Waals surface area contributed by atoms with Crippen molar-refractivity contribution in [1.82, 2.24) is 24.6 Å². The molecule has 4 rings (SSSR count). The number of hydrogen-bond donors (Lipinski definition) is 4. The zero-order valence-electron chi connectivity index (χ0n) is 18.2. The van der Waals surface area contributed by atoms with Crippen LogP contribution in [0.5, 0.6) is 0 Å². The van der Waals surface area contributed by atoms with E-state index in [-0.39, 0.29) is 12.5 Å². The summed E-state index contributed by atoms with van der Waals surface area (Å²) in [7, 11) is 0. The summed E-state index contributed by atoms with van der Waals surface area (Å²) in [5.41, 5.74) is 3.35. The lowest BCUT2D eigenvalue weighted by atomic mass is 10.1. The van der Waals surface area contributed by atoms with Gasteiger partial charge in [0, 0.05) is 18.3 Å². The summed E-state index contributed by atoms with van der Waals surface area (Å²) in [6.07, 6.45) is 4.40. The Bertz CT molecular complexity index is 1150. The molecule has 0 radical (unpaired) electrons. The zero-order chi connectivity index (χ0) is 22.7. The fourth-order valence-electron chi connectivity index (χ4n) is 3.25. The third kappa shape index (κ3) is 4.56. The molecular formula is C22H27N7O3. The van der Waals surface area contributed by atoms with E-state index in [0.717, 1.165) is 16.8 Å². The van der Waals surface area contributed by atoms with Crippen molar-refractivity contribution in [3.63, 3.8) is 0 Å². The van der Waals surface area contributed by atoms with Crippen LogP contribution in [-0.4, -0.2) is 53.5 Å². The Labute approximate surface area is 185 Å². The highest BCUT2D eigenvalue weighted by Crippen LogP contribution is 2.23. The Morgan fingerprint density at radius 1 is 1.12 bits per heavy atom. The van der Waals surface area contributed by atoms with E-state index >= 15 is 0 Å². The van der Waals surface area contributed by atoms with Gasteiger partial charge in [-0.2, -0.15) is 19.6 Å². The molecule has 4 heterocycles. The number of fused-ring (bicyclic) bond motifs is 1. The SMILES string of the molecule is CC(C)c1cnn2c(NCc3ccc(-c4ccco4)nc3)nc(N[C@H](CO)[C@@H](C)O)nc12. The summed E-state index contributed by atoms with van der Waals surface area (Å²) in [5.74, 6) is 1.72. The molecule has 0 unspecified atom stereocenters. The first-order chi connectivity index (χ1) is 15.5. The van der Waals surface area contributed by atoms with Gasteiger partial charge in [0.05, 0.1) is 31.2 Å². The van der Waals surface area contributed by atoms with E-state index in [2.05, 4.69) is 44.5 Å². The molecule has 32 heavy (non-hydrogen) atoms. The van der Waals surface area contributed by atoms with Gasteiger partial charge in [-0.1, -0.05) is 19.9 Å². The minimum atomic E-state index is -0.774. The summed E-state index contributed by atoms with van der Waals surface area (Å²) in [4.78, 5) is 13.6. The molecular weight excluding hydrogens is 410 g/mol. The van der Waals surface area contributed by atoms with Gasteiger partial charge >= 0.3 is 0 Å². The minimum absolute atomic E-state index is 0.215. The van der Waals surface area contributed by atoms with Crippen LogP contribution in [0.2, 0.25) is 0 Å². The van der Waals surface area contributed by atoms with Crippen LogP contribution in [0.1, 0.15) is 37.8 Å². The van der Waals surface area contributed by atoms with Crippen LogP contribution in [0.15, 0.2) is 47.3 Å². The Kier molecular flexibility index (Phi) is 6.33. The van der Waals surface area contributed by atoms with Gasteiger partial charge in [0.1, 0.15) is 5.69 Å². The lowest BCUT2D eigenvalue weighted by molar-refractivity contribution is 0.132. The predicted molar refractivity (Wildman–Crippen MR) is 120 cm³/mol. The van der Waals surface area contributed by atoms with E-state index in [1.165, 1.54) is 0 Å². The van der Waals surface area contributed by atoms with Gasteiger partial charge in [0.15, 0.2) is 11.4 Å². The topological polar surface area (TPSA) is 134 Å². The number of aliphatic hydroxyl groups is 2. The second-order valence-electron chi connectivity index (χ2n) is 7.92. The van der Waals surface area contributed by atoms with E-state index in [0.29, 0.717) is 29.8 Å². The Balaban J connectivity index is 1.60. The number of nitrogens with one attached hydrogen (secondary N) is 2. The molecule has 10 heteroatoms. The molecule has 0 aromatic carbocycles. The minimum Gasteiger partial charge on any atom is -0.463 e. The number of anilines is 2. The summed E-state index contributed by atoms with van der Waals surface area (Å²) in [5, 5.41) is 30.2. The van der Waals surface area contributed by atoms with Crippen LogP contribution in [0, 0.1) is 0 Å². The Morgan fingerprint density at radius 2 is 1.97 bits per heavy atom. The molecule has 0 amide bonds. The van der Waals surface area contributed by atoms with E-state index in [9.17, 15) is 10.2 Å². The van der Waals surface area contributed by atoms with Crippen molar-refractivity contribution in [2.45, 2.75) is 45.4 Å². The third-order valence-corrected chi connectivity index (χ3v) is 5.16. The van der Waals surface area contributed by atoms with Gasteiger partial charge in [-0.3, -0.25) is 4.98 Å². The van der Waals surface area contributed by atoms with Crippen molar-refractivity contribution in [2.75, 3.05) is 17.2 Å². The van der Waals surface area contributed by atoms with Crippen LogP contribution in [0.3, 0.4) is 0 Å². The molecule has 0 bridgehead atoms. The maximum atomic E-state index is 9.88. The van der Waals surface area contributed by atoms with E-state index in [1.807, 2.05) is 24.3 Å². The maximum Gasteiger partial charge on any atom is 0.229 e. The van der Waals surface area contributed by atoms with Gasteiger partial charge < -0.3 is 25.3 Å². The standard InChI is InChI=1S/C22H27N7O3/c1-13(2)16-11-25-29-20(16)27-21(26-18(12-30)14(3)31)28-22(29)24-10-15-6-7-17(23-9-15)19-5-4-8-32-19/h4-9,11,13-14,18,30-31H,10,12H2,1-3H3,(H2,24,26,27,28)/t14-,18-/m1/s1. The number of pyridine rings is 1. The molecule has 4 aromatic heterocycles. The third-order valence-electron chi connectivity index (χ3n) is 5.16. The van der Waals surface area contributed by atoms with Crippen LogP contribution >= 0.6 is 0 Å². The van der Waals surface area contributed by atoms with Gasteiger partial charge in [0.25, 0.3) is 0 Å². The molecule has 168 valence electrons. The smallest absolute Gasteiger partial charge is 0.229 e. The Morgan fingerprint density at radius 3 is 2.59 bits per heavy atom. The number of hydrogen-bond acceptors (Lipinski definition) is 9. The first-order valence-electron chi connectivity index (χ1n) is 10.5. The Hall–Kier alpha value is -3.50. The van der Waals surface area contributed by atoms with Crippen molar-refractivity contribution in [3.05, 3.63) is 54.0 Å². The van der Waals surface area contributed by atoms with Crippen LogP contribution in [-0.2, 0) is 6.54 Å². The van der Waals surface area contributed by atoms with Crippen LogP contribution < -0.4 is 10.6 Å². The average molecular weight is 438 g/mol. The van der Waals surface area contributed by atoms with Crippen molar-refractivity contribution in [2.24, 2.45) is 0 Å². The molecule has 4 N–H and O–H groups in total. The molecule has 0 aliphatic heterocycles. The first kappa shape index (κ1) is 21.7. The van der Waals surface area contributed by atoms with Crippen molar-refractivity contribution < 1.29 is 14.6 Å². The maximum absolute atomic E-state index is 9.88. The summed E-state index contributed by atoms with van der Waals surface area (Å²) in [6, 6.07) is 6.97. The lowest BCUT2D eigenvalue weighted by Crippen LogP contribution is -2.35. The second-order valence-corrected chi connectivity index (χ2v) is 7.92. The first-order valence-corrected chi connectivity index (χ1v) is 10.5. The summed E-state index contributed by atoms with van der Waals surface area (Å²) in [6.45, 7) is 5.95. The molecule has 0 aliphatic rings. The molecule has 10 nitrogen and oxygen atoms in total. The molecule has 0 spiro atoms. The average Bonchev–Trinajstić information content (AvgIpc) is 3.46. The fourth-order valence-corrected chi connectivity index (χ4v) is 3.25. The van der Waals surface area contributed by atoms with E-state index in [4.69, 9.17) is 4.42 Å². The zero-order valence-corrected chi connectivity index (χ0v) is 18.2. The molecule has 0 saturated heterocycles. The molecule has 4 aromatic rings. The number of furan rings is 1. The normalized spacial score (nSPS) is 13.4. The van der Waals surface area contributed by atoms with Crippen molar-refractivity contribution in [1.29, 1.82) is 0 Å². The van der Waals surface area contributed by atoms with E-state index in [1.54, 1.807) is 30.1 Å². The van der Waals surface area contributed by atoms with Gasteiger partial charge in [0.2, 0.25) is 11.9 Å². The number of aliphatic hydroxyl groups excluding tert-OH is 2. The monoisotopic (exact) mass is 437 g/mol. The summed E-state index contributed by atoms with van der Waals surface area (Å²) < 4.78 is 7.03.